The molecule has 1 saturated heterocycles. The van der Waals surface area contributed by atoms with Crippen molar-refractivity contribution in [3.8, 4) is 0 Å². The van der Waals surface area contributed by atoms with Crippen molar-refractivity contribution >= 4 is 5.97 Å². The minimum absolute atomic E-state index is 0.455. The molecule has 4 heteroatoms. The molecule has 1 aromatic heterocycles. The molecule has 0 saturated carbocycles. The summed E-state index contributed by atoms with van der Waals surface area (Å²) in [5, 5.41) is 9.10. The van der Waals surface area contributed by atoms with E-state index in [-0.39, 0.29) is 0 Å². The number of piperidine rings is 1. The highest BCUT2D eigenvalue weighted by molar-refractivity contribution is 5.89. The van der Waals surface area contributed by atoms with Crippen molar-refractivity contribution < 1.29 is 9.90 Å². The molecule has 0 atom stereocenters. The number of carboxylic acids is 1. The molecule has 0 amide bonds. The average molecular weight is 250 g/mol. The first-order chi connectivity index (χ1) is 8.72. The van der Waals surface area contributed by atoms with Gasteiger partial charge in [-0.1, -0.05) is 13.3 Å². The van der Waals surface area contributed by atoms with E-state index in [0.717, 1.165) is 25.2 Å². The molecule has 0 unspecified atom stereocenters. The molecule has 1 aliphatic heterocycles. The quantitative estimate of drug-likeness (QED) is 0.871. The first-order valence-corrected chi connectivity index (χ1v) is 6.86. The van der Waals surface area contributed by atoms with Gasteiger partial charge in [-0.15, -0.1) is 0 Å². The average Bonchev–Trinajstić information content (AvgIpc) is 2.80. The van der Waals surface area contributed by atoms with Crippen LogP contribution in [-0.4, -0.2) is 40.2 Å². The van der Waals surface area contributed by atoms with Crippen LogP contribution in [0.3, 0.4) is 0 Å². The lowest BCUT2D eigenvalue weighted by Crippen LogP contribution is -2.32. The van der Waals surface area contributed by atoms with E-state index in [1.165, 1.54) is 32.4 Å². The second-order valence-corrected chi connectivity index (χ2v) is 4.93. The maximum Gasteiger partial charge on any atom is 0.337 e. The normalized spacial score (nSPS) is 16.9. The number of carboxylic acid groups (broad SMARTS) is 1. The predicted octanol–water partition coefficient (Wildman–Crippen LogP) is 2.23. The second-order valence-electron chi connectivity index (χ2n) is 4.93. The molecule has 0 aromatic carbocycles. The van der Waals surface area contributed by atoms with Crippen molar-refractivity contribution in [2.75, 3.05) is 19.6 Å². The van der Waals surface area contributed by atoms with Crippen molar-refractivity contribution in [1.29, 1.82) is 0 Å². The SMILES string of the molecule is CCc1c(C(=O)O)ccn1CCN1CCCCC1. The summed E-state index contributed by atoms with van der Waals surface area (Å²) >= 11 is 0. The smallest absolute Gasteiger partial charge is 0.337 e. The van der Waals surface area contributed by atoms with Gasteiger partial charge in [0.25, 0.3) is 0 Å². The largest absolute Gasteiger partial charge is 0.478 e. The molecule has 18 heavy (non-hydrogen) atoms. The fourth-order valence-electron chi connectivity index (χ4n) is 2.74. The van der Waals surface area contributed by atoms with Gasteiger partial charge in [0, 0.05) is 25.0 Å². The van der Waals surface area contributed by atoms with Crippen LogP contribution >= 0.6 is 0 Å². The maximum atomic E-state index is 11.1. The lowest BCUT2D eigenvalue weighted by molar-refractivity contribution is 0.0695. The monoisotopic (exact) mass is 250 g/mol. The Morgan fingerprint density at radius 2 is 2.00 bits per heavy atom. The number of aromatic nitrogens is 1. The summed E-state index contributed by atoms with van der Waals surface area (Å²) in [7, 11) is 0. The molecule has 1 aromatic rings. The van der Waals surface area contributed by atoms with E-state index in [9.17, 15) is 4.79 Å². The Hall–Kier alpha value is -1.29. The third kappa shape index (κ3) is 2.93. The fourth-order valence-corrected chi connectivity index (χ4v) is 2.74. The molecule has 2 rings (SSSR count). The molecule has 4 nitrogen and oxygen atoms in total. The van der Waals surface area contributed by atoms with Crippen molar-refractivity contribution in [1.82, 2.24) is 9.47 Å². The highest BCUT2D eigenvalue weighted by Gasteiger charge is 2.15. The van der Waals surface area contributed by atoms with Crippen LogP contribution in [0.15, 0.2) is 12.3 Å². The van der Waals surface area contributed by atoms with E-state index in [1.54, 1.807) is 6.07 Å². The molecule has 0 aliphatic carbocycles. The summed E-state index contributed by atoms with van der Waals surface area (Å²) in [6.45, 7) is 6.32. The predicted molar refractivity (Wildman–Crippen MR) is 71.1 cm³/mol. The fraction of sp³-hybridized carbons (Fsp3) is 0.643. The van der Waals surface area contributed by atoms with Crippen LogP contribution in [0.4, 0.5) is 0 Å². The molecule has 1 aliphatic rings. The van der Waals surface area contributed by atoms with Crippen LogP contribution in [0, 0.1) is 0 Å². The standard InChI is InChI=1S/C14H22N2O2/c1-2-13-12(14(17)18)6-9-16(13)11-10-15-7-4-3-5-8-15/h6,9H,2-5,7-8,10-11H2,1H3,(H,17,18). The van der Waals surface area contributed by atoms with Gasteiger partial charge in [0.1, 0.15) is 0 Å². The van der Waals surface area contributed by atoms with Gasteiger partial charge in [0.15, 0.2) is 0 Å². The van der Waals surface area contributed by atoms with Gasteiger partial charge in [-0.05, 0) is 38.4 Å². The van der Waals surface area contributed by atoms with Gasteiger partial charge in [0.2, 0.25) is 0 Å². The van der Waals surface area contributed by atoms with Gasteiger partial charge in [-0.3, -0.25) is 0 Å². The van der Waals surface area contributed by atoms with Crippen LogP contribution in [0.25, 0.3) is 0 Å². The van der Waals surface area contributed by atoms with E-state index in [2.05, 4.69) is 9.47 Å². The zero-order valence-corrected chi connectivity index (χ0v) is 11.1. The molecule has 0 spiro atoms. The van der Waals surface area contributed by atoms with Crippen LogP contribution in [0.1, 0.15) is 42.2 Å². The zero-order valence-electron chi connectivity index (χ0n) is 11.1. The van der Waals surface area contributed by atoms with Gasteiger partial charge >= 0.3 is 5.97 Å². The number of nitrogens with zero attached hydrogens (tertiary/aromatic N) is 2. The Morgan fingerprint density at radius 1 is 1.28 bits per heavy atom. The van der Waals surface area contributed by atoms with E-state index in [1.807, 2.05) is 13.1 Å². The van der Waals surface area contributed by atoms with Crippen LogP contribution in [0.2, 0.25) is 0 Å². The molecule has 2 heterocycles. The summed E-state index contributed by atoms with van der Waals surface area (Å²) in [4.78, 5) is 13.6. The first kappa shape index (κ1) is 13.1. The Bertz CT molecular complexity index is 406. The molecule has 1 fully saturated rings. The van der Waals surface area contributed by atoms with Crippen LogP contribution in [0.5, 0.6) is 0 Å². The zero-order chi connectivity index (χ0) is 13.0. The molecule has 1 N–H and O–H groups in total. The minimum atomic E-state index is -0.816. The molecular weight excluding hydrogens is 228 g/mol. The lowest BCUT2D eigenvalue weighted by atomic mass is 10.1. The summed E-state index contributed by atoms with van der Waals surface area (Å²) < 4.78 is 2.10. The molecule has 100 valence electrons. The maximum absolute atomic E-state index is 11.1. The Balaban J connectivity index is 1.98. The Labute approximate surface area is 108 Å². The second kappa shape index (κ2) is 6.05. The molecule has 0 bridgehead atoms. The number of rotatable bonds is 5. The van der Waals surface area contributed by atoms with E-state index >= 15 is 0 Å². The van der Waals surface area contributed by atoms with E-state index < -0.39 is 5.97 Å². The summed E-state index contributed by atoms with van der Waals surface area (Å²) in [5.74, 6) is -0.816. The lowest BCUT2D eigenvalue weighted by Gasteiger charge is -2.26. The highest BCUT2D eigenvalue weighted by Crippen LogP contribution is 2.14. The van der Waals surface area contributed by atoms with Crippen LogP contribution < -0.4 is 0 Å². The van der Waals surface area contributed by atoms with Crippen molar-refractivity contribution in [2.45, 2.75) is 39.2 Å². The van der Waals surface area contributed by atoms with Crippen molar-refractivity contribution in [3.05, 3.63) is 23.5 Å². The van der Waals surface area contributed by atoms with Gasteiger partial charge in [-0.25, -0.2) is 4.79 Å². The highest BCUT2D eigenvalue weighted by atomic mass is 16.4. The minimum Gasteiger partial charge on any atom is -0.478 e. The van der Waals surface area contributed by atoms with E-state index in [0.29, 0.717) is 5.56 Å². The van der Waals surface area contributed by atoms with Crippen molar-refractivity contribution in [3.63, 3.8) is 0 Å². The number of carbonyl (C=O) groups is 1. The van der Waals surface area contributed by atoms with Gasteiger partial charge in [-0.2, -0.15) is 0 Å². The van der Waals surface area contributed by atoms with Crippen LogP contribution in [-0.2, 0) is 13.0 Å². The third-order valence-electron chi connectivity index (χ3n) is 3.75. The first-order valence-electron chi connectivity index (χ1n) is 6.86. The Morgan fingerprint density at radius 3 is 2.61 bits per heavy atom. The number of hydrogen-bond acceptors (Lipinski definition) is 2. The molecule has 0 radical (unpaired) electrons. The number of hydrogen-bond donors (Lipinski definition) is 1. The van der Waals surface area contributed by atoms with Gasteiger partial charge in [0.05, 0.1) is 5.56 Å². The molecular formula is C14H22N2O2. The third-order valence-corrected chi connectivity index (χ3v) is 3.75. The van der Waals surface area contributed by atoms with Gasteiger partial charge < -0.3 is 14.6 Å². The summed E-state index contributed by atoms with van der Waals surface area (Å²) in [5.41, 5.74) is 1.40. The van der Waals surface area contributed by atoms with E-state index in [4.69, 9.17) is 5.11 Å². The summed E-state index contributed by atoms with van der Waals surface area (Å²) in [6.07, 6.45) is 6.63. The topological polar surface area (TPSA) is 45.5 Å². The van der Waals surface area contributed by atoms with Crippen molar-refractivity contribution in [2.24, 2.45) is 0 Å². The summed E-state index contributed by atoms with van der Waals surface area (Å²) in [6, 6.07) is 1.72. The number of aromatic carboxylic acids is 1. The Kier molecular flexibility index (Phi) is 4.42. The number of likely N-dealkylation sites (tertiary alicyclic amines) is 1.